The summed E-state index contributed by atoms with van der Waals surface area (Å²) in [4.78, 5) is 15.8. The molecular formula is C17H24N4O3. The van der Waals surface area contributed by atoms with Crippen molar-refractivity contribution >= 4 is 16.9 Å². The number of carbonyl (C=O) groups is 1. The second-order valence-corrected chi connectivity index (χ2v) is 7.13. The molecule has 1 N–H and O–H groups in total. The molecule has 0 saturated carbocycles. The molecule has 1 aliphatic heterocycles. The van der Waals surface area contributed by atoms with Gasteiger partial charge in [-0.3, -0.25) is 4.79 Å². The van der Waals surface area contributed by atoms with Crippen LogP contribution in [0.25, 0.3) is 11.0 Å². The molecule has 1 atom stereocenters. The van der Waals surface area contributed by atoms with Gasteiger partial charge in [-0.05, 0) is 18.6 Å². The highest BCUT2D eigenvalue weighted by Gasteiger charge is 2.48. The Morgan fingerprint density at radius 2 is 1.92 bits per heavy atom. The number of methoxy groups -OCH3 is 1. The number of ether oxygens (including phenoxy) is 1. The van der Waals surface area contributed by atoms with Crippen LogP contribution in [0.2, 0.25) is 0 Å². The topological polar surface area (TPSA) is 80.5 Å². The Kier molecular flexibility index (Phi) is 4.31. The Balaban J connectivity index is 1.70. The predicted molar refractivity (Wildman–Crippen MR) is 89.3 cm³/mol. The minimum Gasteiger partial charge on any atom is -0.387 e. The van der Waals surface area contributed by atoms with E-state index in [1.807, 2.05) is 38.1 Å². The first-order chi connectivity index (χ1) is 11.3. The third kappa shape index (κ3) is 3.01. The van der Waals surface area contributed by atoms with E-state index >= 15 is 0 Å². The Morgan fingerprint density at radius 3 is 2.46 bits per heavy atom. The molecule has 1 aromatic carbocycles. The molecule has 0 aliphatic carbocycles. The maximum absolute atomic E-state index is 12.6. The summed E-state index contributed by atoms with van der Waals surface area (Å²) in [7, 11) is 1.58. The molecular weight excluding hydrogens is 308 g/mol. The van der Waals surface area contributed by atoms with Crippen LogP contribution in [0.5, 0.6) is 0 Å². The monoisotopic (exact) mass is 332 g/mol. The van der Waals surface area contributed by atoms with Crippen molar-refractivity contribution in [3.05, 3.63) is 24.3 Å². The van der Waals surface area contributed by atoms with Crippen LogP contribution in [0.3, 0.4) is 0 Å². The summed E-state index contributed by atoms with van der Waals surface area (Å²) in [5, 5.41) is 19.5. The van der Waals surface area contributed by atoms with Crippen molar-refractivity contribution < 1.29 is 14.6 Å². The van der Waals surface area contributed by atoms with Crippen LogP contribution in [-0.2, 0) is 16.1 Å². The fourth-order valence-electron chi connectivity index (χ4n) is 3.28. The highest BCUT2D eigenvalue weighted by atomic mass is 16.5. The molecule has 24 heavy (non-hydrogen) atoms. The van der Waals surface area contributed by atoms with Gasteiger partial charge in [0, 0.05) is 25.6 Å². The molecule has 1 fully saturated rings. The Bertz CT molecular complexity index is 709. The fraction of sp³-hybridized carbons (Fsp3) is 0.588. The number of hydrogen-bond donors (Lipinski definition) is 1. The van der Waals surface area contributed by atoms with Gasteiger partial charge in [0.2, 0.25) is 5.91 Å². The van der Waals surface area contributed by atoms with E-state index in [4.69, 9.17) is 4.74 Å². The molecule has 1 aromatic heterocycles. The molecule has 0 unspecified atom stereocenters. The lowest BCUT2D eigenvalue weighted by molar-refractivity contribution is -0.164. The van der Waals surface area contributed by atoms with Gasteiger partial charge in [-0.1, -0.05) is 26.0 Å². The van der Waals surface area contributed by atoms with Crippen LogP contribution in [0, 0.1) is 5.41 Å². The summed E-state index contributed by atoms with van der Waals surface area (Å²) in [5.41, 5.74) is 0.188. The van der Waals surface area contributed by atoms with Gasteiger partial charge < -0.3 is 14.7 Å². The molecule has 3 rings (SSSR count). The van der Waals surface area contributed by atoms with Crippen molar-refractivity contribution in [1.82, 2.24) is 19.9 Å². The van der Waals surface area contributed by atoms with Gasteiger partial charge in [-0.25, -0.2) is 0 Å². The van der Waals surface area contributed by atoms with Gasteiger partial charge in [0.25, 0.3) is 0 Å². The zero-order chi connectivity index (χ0) is 17.4. The van der Waals surface area contributed by atoms with E-state index in [1.54, 1.807) is 12.0 Å². The van der Waals surface area contributed by atoms with Crippen molar-refractivity contribution in [3.8, 4) is 0 Å². The SMILES string of the molecule is COC[C@]1(O)CCN(C(=O)Cn2nc3ccccc3n2)CC1(C)C. The summed E-state index contributed by atoms with van der Waals surface area (Å²) in [6.07, 6.45) is 0.494. The number of aliphatic hydroxyl groups is 1. The number of hydrogen-bond acceptors (Lipinski definition) is 5. The van der Waals surface area contributed by atoms with Crippen LogP contribution < -0.4 is 0 Å². The number of piperidine rings is 1. The molecule has 2 heterocycles. The van der Waals surface area contributed by atoms with Gasteiger partial charge in [-0.15, -0.1) is 0 Å². The van der Waals surface area contributed by atoms with E-state index in [-0.39, 0.29) is 19.1 Å². The number of benzene rings is 1. The Labute approximate surface area is 141 Å². The summed E-state index contributed by atoms with van der Waals surface area (Å²) in [6.45, 7) is 5.29. The maximum Gasteiger partial charge on any atom is 0.246 e. The number of carbonyl (C=O) groups excluding carboxylic acids is 1. The van der Waals surface area contributed by atoms with E-state index in [9.17, 15) is 9.90 Å². The summed E-state index contributed by atoms with van der Waals surface area (Å²) >= 11 is 0. The van der Waals surface area contributed by atoms with Crippen LogP contribution in [-0.4, -0.2) is 63.3 Å². The van der Waals surface area contributed by atoms with Crippen molar-refractivity contribution in [2.45, 2.75) is 32.4 Å². The van der Waals surface area contributed by atoms with E-state index in [1.165, 1.54) is 4.80 Å². The Morgan fingerprint density at radius 1 is 1.29 bits per heavy atom. The fourth-order valence-corrected chi connectivity index (χ4v) is 3.28. The molecule has 2 aromatic rings. The van der Waals surface area contributed by atoms with Crippen LogP contribution in [0.1, 0.15) is 20.3 Å². The lowest BCUT2D eigenvalue weighted by atomic mass is 9.70. The average molecular weight is 332 g/mol. The quantitative estimate of drug-likeness (QED) is 0.906. The molecule has 0 spiro atoms. The van der Waals surface area contributed by atoms with Gasteiger partial charge in [0.05, 0.1) is 12.2 Å². The highest BCUT2D eigenvalue weighted by molar-refractivity contribution is 5.77. The molecule has 0 radical (unpaired) electrons. The second kappa shape index (κ2) is 6.14. The van der Waals surface area contributed by atoms with Crippen molar-refractivity contribution in [1.29, 1.82) is 0 Å². The maximum atomic E-state index is 12.6. The molecule has 1 aliphatic rings. The van der Waals surface area contributed by atoms with Gasteiger partial charge >= 0.3 is 0 Å². The first kappa shape index (κ1) is 16.9. The largest absolute Gasteiger partial charge is 0.387 e. The number of rotatable bonds is 4. The number of fused-ring (bicyclic) bond motifs is 1. The third-order valence-electron chi connectivity index (χ3n) is 4.98. The summed E-state index contributed by atoms with van der Waals surface area (Å²) < 4.78 is 5.17. The van der Waals surface area contributed by atoms with Crippen molar-refractivity contribution in [2.24, 2.45) is 5.41 Å². The zero-order valence-electron chi connectivity index (χ0n) is 14.4. The van der Waals surface area contributed by atoms with Crippen LogP contribution in [0.15, 0.2) is 24.3 Å². The minimum absolute atomic E-state index is 0.0390. The van der Waals surface area contributed by atoms with E-state index < -0.39 is 11.0 Å². The number of likely N-dealkylation sites (tertiary alicyclic amines) is 1. The smallest absolute Gasteiger partial charge is 0.246 e. The molecule has 0 bridgehead atoms. The normalized spacial score (nSPS) is 23.6. The summed E-state index contributed by atoms with van der Waals surface area (Å²) in [5.74, 6) is -0.0390. The lowest BCUT2D eigenvalue weighted by Crippen LogP contribution is -2.60. The predicted octanol–water partition coefficient (Wildman–Crippen LogP) is 1.07. The van der Waals surface area contributed by atoms with Gasteiger partial charge in [-0.2, -0.15) is 15.0 Å². The van der Waals surface area contributed by atoms with Crippen LogP contribution >= 0.6 is 0 Å². The number of amides is 1. The average Bonchev–Trinajstić information content (AvgIpc) is 2.92. The lowest BCUT2D eigenvalue weighted by Gasteiger charge is -2.49. The summed E-state index contributed by atoms with van der Waals surface area (Å²) in [6, 6.07) is 7.54. The third-order valence-corrected chi connectivity index (χ3v) is 4.98. The first-order valence-electron chi connectivity index (χ1n) is 8.14. The standard InChI is InChI=1S/C17H24N4O3/c1-16(2)11-20(9-8-17(16,23)12-24-3)15(22)10-21-18-13-6-4-5-7-14(13)19-21/h4-7,23H,8-12H2,1-3H3/t17-/m1/s1. The van der Waals surface area contributed by atoms with Crippen molar-refractivity contribution in [3.63, 3.8) is 0 Å². The second-order valence-electron chi connectivity index (χ2n) is 7.13. The van der Waals surface area contributed by atoms with Gasteiger partial charge in [0.1, 0.15) is 17.6 Å². The van der Waals surface area contributed by atoms with E-state index in [0.29, 0.717) is 19.5 Å². The molecule has 130 valence electrons. The van der Waals surface area contributed by atoms with E-state index in [2.05, 4.69) is 10.2 Å². The van der Waals surface area contributed by atoms with E-state index in [0.717, 1.165) is 11.0 Å². The first-order valence-corrected chi connectivity index (χ1v) is 8.14. The molecule has 7 nitrogen and oxygen atoms in total. The number of nitrogens with zero attached hydrogens (tertiary/aromatic N) is 4. The molecule has 1 saturated heterocycles. The van der Waals surface area contributed by atoms with Crippen molar-refractivity contribution in [2.75, 3.05) is 26.8 Å². The highest BCUT2D eigenvalue weighted by Crippen LogP contribution is 2.38. The molecule has 1 amide bonds. The Hall–Kier alpha value is -1.99. The van der Waals surface area contributed by atoms with Crippen LogP contribution in [0.4, 0.5) is 0 Å². The zero-order valence-corrected chi connectivity index (χ0v) is 14.4. The molecule has 7 heteroatoms. The minimum atomic E-state index is -0.919. The van der Waals surface area contributed by atoms with Gasteiger partial charge in [0.15, 0.2) is 0 Å². The number of aromatic nitrogens is 3.